The van der Waals surface area contributed by atoms with Crippen LogP contribution in [0.3, 0.4) is 0 Å². The van der Waals surface area contributed by atoms with Crippen LogP contribution in [0.5, 0.6) is 6.01 Å². The average Bonchev–Trinajstić information content (AvgIpc) is 3.25. The van der Waals surface area contributed by atoms with Crippen molar-refractivity contribution in [2.45, 2.75) is 6.18 Å². The molecule has 0 amide bonds. The molecule has 0 radical (unpaired) electrons. The van der Waals surface area contributed by atoms with Crippen LogP contribution in [0.1, 0.15) is 15.9 Å². The summed E-state index contributed by atoms with van der Waals surface area (Å²) in [4.78, 5) is 23.3. The highest BCUT2D eigenvalue weighted by molar-refractivity contribution is 7.90. The first-order valence-electron chi connectivity index (χ1n) is 9.20. The lowest BCUT2D eigenvalue weighted by molar-refractivity contribution is -0.134. The zero-order chi connectivity index (χ0) is 25.3. The molecule has 0 aliphatic heterocycles. The van der Waals surface area contributed by atoms with Gasteiger partial charge in [0.2, 0.25) is 5.78 Å². The summed E-state index contributed by atoms with van der Waals surface area (Å²) in [6.45, 7) is -1.85. The third-order valence-electron chi connectivity index (χ3n) is 4.44. The monoisotopic (exact) mass is 505 g/mol. The first kappa shape index (κ1) is 25.0. The van der Waals surface area contributed by atoms with Gasteiger partial charge in [0.15, 0.2) is 5.82 Å². The van der Waals surface area contributed by atoms with E-state index >= 15 is 0 Å². The van der Waals surface area contributed by atoms with E-state index in [0.29, 0.717) is 30.4 Å². The molecule has 0 atom stereocenters. The number of carbonyl (C=O) groups excluding carboxylic acids is 1. The molecule has 0 aliphatic carbocycles. The number of hydrogen-bond acceptors (Lipinski definition) is 6. The van der Waals surface area contributed by atoms with E-state index in [-0.39, 0.29) is 15.9 Å². The summed E-state index contributed by atoms with van der Waals surface area (Å²) in [6.07, 6.45) is -0.943. The smallest absolute Gasteiger partial charge is 0.402 e. The van der Waals surface area contributed by atoms with Crippen molar-refractivity contribution in [3.8, 4) is 17.3 Å². The third kappa shape index (κ3) is 5.48. The van der Waals surface area contributed by atoms with Gasteiger partial charge < -0.3 is 9.72 Å². The fraction of sp³-hybridized carbons (Fsp3) is 0.211. The third-order valence-corrected chi connectivity index (χ3v) is 5.86. The fourth-order valence-electron chi connectivity index (χ4n) is 2.79. The number of carbonyl (C=O) groups is 1. The number of aromatic amines is 1. The van der Waals surface area contributed by atoms with Crippen molar-refractivity contribution in [2.24, 2.45) is 0 Å². The molecule has 34 heavy (non-hydrogen) atoms. The lowest BCUT2D eigenvalue weighted by Gasteiger charge is -2.20. The Balaban J connectivity index is 1.90. The van der Waals surface area contributed by atoms with Gasteiger partial charge in [-0.15, -0.1) is 0 Å². The number of halogens is 5. The van der Waals surface area contributed by atoms with Crippen LogP contribution >= 0.6 is 0 Å². The Labute approximate surface area is 189 Å². The molecule has 0 saturated heterocycles. The maximum atomic E-state index is 14.9. The topological polar surface area (TPSA) is 117 Å². The molecule has 0 saturated carbocycles. The van der Waals surface area contributed by atoms with E-state index < -0.39 is 51.6 Å². The number of nitrogens with zero attached hydrogens (tertiary/aromatic N) is 3. The van der Waals surface area contributed by atoms with Gasteiger partial charge in [-0.2, -0.15) is 25.9 Å². The van der Waals surface area contributed by atoms with Crippen LogP contribution in [0.2, 0.25) is 0 Å². The standard InChI is InChI=1S/C19H16F5N5O4S/c1-29(9-19(22,23)24)34(31,32)28-13-4-3-12(20)15(16(13)21)17(30)10-5-14(25-6-10)11-7-26-18(33-2)27-8-11/h3-8,25,28H,9H2,1-2H3. The largest absolute Gasteiger partial charge is 0.467 e. The molecule has 0 bridgehead atoms. The molecule has 9 nitrogen and oxygen atoms in total. The van der Waals surface area contributed by atoms with E-state index in [0.717, 1.165) is 6.20 Å². The van der Waals surface area contributed by atoms with E-state index in [4.69, 9.17) is 4.74 Å². The number of hydrogen-bond donors (Lipinski definition) is 2. The first-order chi connectivity index (χ1) is 15.8. The molecule has 3 rings (SSSR count). The molecule has 15 heteroatoms. The predicted octanol–water partition coefficient (Wildman–Crippen LogP) is 3.14. The minimum absolute atomic E-state index is 0.0934. The van der Waals surface area contributed by atoms with Gasteiger partial charge in [0.1, 0.15) is 12.4 Å². The van der Waals surface area contributed by atoms with E-state index in [1.165, 1.54) is 25.6 Å². The van der Waals surface area contributed by atoms with Crippen LogP contribution in [0.25, 0.3) is 11.3 Å². The van der Waals surface area contributed by atoms with Crippen LogP contribution in [-0.4, -0.2) is 60.3 Å². The van der Waals surface area contributed by atoms with Crippen LogP contribution in [0, 0.1) is 11.6 Å². The Morgan fingerprint density at radius 3 is 2.44 bits per heavy atom. The molecular weight excluding hydrogens is 489 g/mol. The second kappa shape index (κ2) is 9.34. The van der Waals surface area contributed by atoms with Crippen molar-refractivity contribution in [1.82, 2.24) is 19.3 Å². The fourth-order valence-corrected chi connectivity index (χ4v) is 3.70. The number of H-pyrrole nitrogens is 1. The van der Waals surface area contributed by atoms with E-state index in [2.05, 4.69) is 15.0 Å². The normalized spacial score (nSPS) is 12.1. The van der Waals surface area contributed by atoms with E-state index in [9.17, 15) is 35.2 Å². The maximum absolute atomic E-state index is 14.9. The Morgan fingerprint density at radius 1 is 1.21 bits per heavy atom. The first-order valence-corrected chi connectivity index (χ1v) is 10.6. The summed E-state index contributed by atoms with van der Waals surface area (Å²) in [7, 11) is -2.88. The van der Waals surface area contributed by atoms with Crippen molar-refractivity contribution < 1.29 is 39.9 Å². The molecule has 2 aromatic heterocycles. The Bertz CT molecular complexity index is 1310. The van der Waals surface area contributed by atoms with Gasteiger partial charge in [0.25, 0.3) is 0 Å². The molecule has 0 aliphatic rings. The number of benzene rings is 1. The number of methoxy groups -OCH3 is 1. The van der Waals surface area contributed by atoms with Crippen molar-refractivity contribution in [3.63, 3.8) is 0 Å². The second-order valence-electron chi connectivity index (χ2n) is 6.85. The molecule has 3 aromatic rings. The number of rotatable bonds is 8. The number of aromatic nitrogens is 3. The van der Waals surface area contributed by atoms with Crippen molar-refractivity contribution in [1.29, 1.82) is 0 Å². The van der Waals surface area contributed by atoms with Gasteiger partial charge >= 0.3 is 22.4 Å². The second-order valence-corrected chi connectivity index (χ2v) is 8.63. The molecule has 0 unspecified atom stereocenters. The van der Waals surface area contributed by atoms with Gasteiger partial charge in [-0.3, -0.25) is 9.52 Å². The number of anilines is 1. The number of ether oxygens (including phenoxy) is 1. The molecule has 0 fully saturated rings. The lowest BCUT2D eigenvalue weighted by atomic mass is 10.0. The lowest BCUT2D eigenvalue weighted by Crippen LogP contribution is -2.39. The van der Waals surface area contributed by atoms with Gasteiger partial charge in [-0.25, -0.2) is 18.7 Å². The number of nitrogens with one attached hydrogen (secondary N) is 2. The summed E-state index contributed by atoms with van der Waals surface area (Å²) in [6, 6.07) is 2.62. The van der Waals surface area contributed by atoms with Crippen molar-refractivity contribution in [2.75, 3.05) is 25.4 Å². The molecule has 2 N–H and O–H groups in total. The number of alkyl halides is 3. The minimum atomic E-state index is -4.87. The van der Waals surface area contributed by atoms with Gasteiger partial charge in [0, 0.05) is 42.5 Å². The highest BCUT2D eigenvalue weighted by Gasteiger charge is 2.35. The summed E-state index contributed by atoms with van der Waals surface area (Å²) in [5, 5.41) is 0. The quantitative estimate of drug-likeness (QED) is 0.359. The number of ketones is 1. The highest BCUT2D eigenvalue weighted by atomic mass is 32.2. The predicted molar refractivity (Wildman–Crippen MR) is 109 cm³/mol. The van der Waals surface area contributed by atoms with Crippen LogP contribution in [0.4, 0.5) is 27.6 Å². The van der Waals surface area contributed by atoms with Gasteiger partial charge in [-0.1, -0.05) is 0 Å². The van der Waals surface area contributed by atoms with Crippen molar-refractivity contribution >= 4 is 21.7 Å². The SMILES string of the molecule is COc1ncc(-c2cc(C(=O)c3c(F)ccc(NS(=O)(=O)N(C)CC(F)(F)F)c3F)c[nH]2)cn1. The molecular formula is C19H16F5N5O4S. The Hall–Kier alpha value is -3.59. The maximum Gasteiger partial charge on any atom is 0.402 e. The highest BCUT2D eigenvalue weighted by Crippen LogP contribution is 2.27. The zero-order valence-electron chi connectivity index (χ0n) is 17.4. The van der Waals surface area contributed by atoms with Gasteiger partial charge in [-0.05, 0) is 18.2 Å². The van der Waals surface area contributed by atoms with Crippen LogP contribution in [0.15, 0.2) is 36.8 Å². The molecule has 1 aromatic carbocycles. The summed E-state index contributed by atoms with van der Waals surface area (Å²) in [5.74, 6) is -4.04. The zero-order valence-corrected chi connectivity index (χ0v) is 18.3. The summed E-state index contributed by atoms with van der Waals surface area (Å²) >= 11 is 0. The Morgan fingerprint density at radius 2 is 1.85 bits per heavy atom. The summed E-state index contributed by atoms with van der Waals surface area (Å²) in [5.41, 5.74) is -1.43. The molecule has 2 heterocycles. The molecule has 0 spiro atoms. The Kier molecular flexibility index (Phi) is 6.88. The van der Waals surface area contributed by atoms with Crippen LogP contribution < -0.4 is 9.46 Å². The average molecular weight is 505 g/mol. The van der Waals surface area contributed by atoms with E-state index in [1.54, 1.807) is 4.72 Å². The summed E-state index contributed by atoms with van der Waals surface area (Å²) < 4.78 is 97.4. The minimum Gasteiger partial charge on any atom is -0.467 e. The van der Waals surface area contributed by atoms with E-state index in [1.807, 2.05) is 0 Å². The van der Waals surface area contributed by atoms with Gasteiger partial charge in [0.05, 0.1) is 18.4 Å². The van der Waals surface area contributed by atoms with Crippen LogP contribution in [-0.2, 0) is 10.2 Å². The molecule has 182 valence electrons. The van der Waals surface area contributed by atoms with Crippen molar-refractivity contribution in [3.05, 3.63) is 59.6 Å².